The van der Waals surface area contributed by atoms with Crippen LogP contribution in [0.25, 0.3) is 0 Å². The Hall–Kier alpha value is -2.70. The first kappa shape index (κ1) is 30.7. The molecule has 0 aliphatic heterocycles. The van der Waals surface area contributed by atoms with Gasteiger partial charge in [-0.25, -0.2) is 9.18 Å². The van der Waals surface area contributed by atoms with E-state index >= 15 is 0 Å². The Kier molecular flexibility index (Phi) is 9.44. The van der Waals surface area contributed by atoms with Crippen molar-refractivity contribution in [3.05, 3.63) is 29.6 Å². The molecule has 0 aromatic heterocycles. The number of carbonyl (C=O) groups is 4. The van der Waals surface area contributed by atoms with Gasteiger partial charge in [-0.2, -0.15) is 0 Å². The molecule has 4 saturated carbocycles. The van der Waals surface area contributed by atoms with Gasteiger partial charge in [-0.15, -0.1) is 11.8 Å². The number of fused-ring (bicyclic) bond motifs is 1. The van der Waals surface area contributed by atoms with Gasteiger partial charge >= 0.3 is 23.9 Å². The van der Waals surface area contributed by atoms with Crippen molar-refractivity contribution in [1.29, 1.82) is 0 Å². The smallest absolute Gasteiger partial charge is 0.329 e. The predicted octanol–water partition coefficient (Wildman–Crippen LogP) is 3.24. The number of thioether (sulfide) groups is 1. The van der Waals surface area contributed by atoms with Crippen molar-refractivity contribution in [3.8, 4) is 0 Å². The minimum atomic E-state index is -1.78. The van der Waals surface area contributed by atoms with Crippen LogP contribution in [0.15, 0.2) is 23.1 Å². The van der Waals surface area contributed by atoms with Gasteiger partial charge < -0.3 is 29.8 Å². The van der Waals surface area contributed by atoms with Crippen LogP contribution in [-0.4, -0.2) is 60.0 Å². The quantitative estimate of drug-likeness (QED) is 0.217. The number of hydrogen-bond acceptors (Lipinski definition) is 11. The first-order valence-electron chi connectivity index (χ1n) is 14.7. The maximum absolute atomic E-state index is 13.8. The van der Waals surface area contributed by atoms with E-state index in [2.05, 4.69) is 0 Å². The van der Waals surface area contributed by atoms with Gasteiger partial charge in [0.25, 0.3) is 0 Å². The molecule has 5 rings (SSSR count). The number of halogens is 1. The van der Waals surface area contributed by atoms with Gasteiger partial charge in [0.2, 0.25) is 13.6 Å². The number of rotatable bonds is 11. The number of ether oxygens (including phenoxy) is 4. The molecule has 1 aromatic carbocycles. The minimum absolute atomic E-state index is 0.188. The summed E-state index contributed by atoms with van der Waals surface area (Å²) >= 11 is 1.30. The lowest BCUT2D eigenvalue weighted by molar-refractivity contribution is -0.176. The van der Waals surface area contributed by atoms with Crippen LogP contribution in [0.5, 0.6) is 0 Å². The number of benzene rings is 1. The number of aryl methyl sites for hydroxylation is 1. The largest absolute Gasteiger partial charge is 0.428 e. The van der Waals surface area contributed by atoms with Crippen LogP contribution in [0, 0.1) is 48.2 Å². The third-order valence-electron chi connectivity index (χ3n) is 9.40. The van der Waals surface area contributed by atoms with Gasteiger partial charge in [0.05, 0.1) is 23.9 Å². The van der Waals surface area contributed by atoms with Crippen molar-refractivity contribution in [3.63, 3.8) is 0 Å². The molecule has 0 heterocycles. The van der Waals surface area contributed by atoms with Crippen molar-refractivity contribution in [2.75, 3.05) is 19.3 Å². The Morgan fingerprint density at radius 1 is 0.929 bits per heavy atom. The summed E-state index contributed by atoms with van der Waals surface area (Å²) in [5, 5.41) is 11.3. The van der Waals surface area contributed by atoms with E-state index < -0.39 is 72.8 Å². The molecule has 42 heavy (non-hydrogen) atoms. The van der Waals surface area contributed by atoms with Gasteiger partial charge in [0, 0.05) is 28.4 Å². The maximum atomic E-state index is 13.8. The third kappa shape index (κ3) is 6.16. The highest BCUT2D eigenvalue weighted by Gasteiger charge is 2.78. The van der Waals surface area contributed by atoms with Crippen molar-refractivity contribution >= 4 is 35.6 Å². The van der Waals surface area contributed by atoms with E-state index in [0.29, 0.717) is 5.56 Å². The van der Waals surface area contributed by atoms with Crippen molar-refractivity contribution in [2.45, 2.75) is 74.8 Å². The van der Waals surface area contributed by atoms with Crippen LogP contribution in [0.2, 0.25) is 0 Å². The Bertz CT molecular complexity index is 1200. The summed E-state index contributed by atoms with van der Waals surface area (Å²) < 4.78 is 34.6. The van der Waals surface area contributed by atoms with E-state index in [1.54, 1.807) is 19.1 Å². The molecule has 230 valence electrons. The molecule has 0 bridgehead atoms. The van der Waals surface area contributed by atoms with Crippen molar-refractivity contribution in [1.82, 2.24) is 0 Å². The van der Waals surface area contributed by atoms with Gasteiger partial charge in [-0.3, -0.25) is 14.4 Å². The molecular formula is C30H38FNO9S. The van der Waals surface area contributed by atoms with Crippen LogP contribution >= 0.6 is 11.8 Å². The highest BCUT2D eigenvalue weighted by atomic mass is 32.2. The molecule has 4 fully saturated rings. The number of aliphatic hydroxyl groups excluding tert-OH is 1. The van der Waals surface area contributed by atoms with E-state index in [9.17, 15) is 28.7 Å². The standard InChI is InChI=1S/C30H38FNO9S/c1-16-12-19(10-11-21(16)31)42-13-20-25(33)22-23(28(36)40-14-38-26(34)17-6-2-3-7-17)24(22)30(20,32)29(37)41-15-39-27(35)18-8-4-5-9-18/h10-12,17-18,20,22-25,33H,2-9,13-15,32H2,1H3/t20-,22?,23+,24+,25-,30+/m1/s1. The molecule has 0 amide bonds. The van der Waals surface area contributed by atoms with Crippen molar-refractivity contribution < 1.29 is 47.6 Å². The van der Waals surface area contributed by atoms with Crippen molar-refractivity contribution in [2.24, 2.45) is 41.2 Å². The second-order valence-electron chi connectivity index (χ2n) is 11.9. The summed E-state index contributed by atoms with van der Waals surface area (Å²) in [5.74, 6) is -6.19. The van der Waals surface area contributed by atoms with Crippen LogP contribution in [0.3, 0.4) is 0 Å². The topological polar surface area (TPSA) is 151 Å². The summed E-state index contributed by atoms with van der Waals surface area (Å²) in [6.45, 7) is 0.462. The number of aliphatic hydroxyl groups is 1. The SMILES string of the molecule is Cc1cc(SC[C@@H]2[C@@H](O)C3[C@H](C(=O)OCOC(=O)C4CCCC4)[C@H]3[C@]2(N)C(=O)OCOC(=O)C2CCCC2)ccc1F. The summed E-state index contributed by atoms with van der Waals surface area (Å²) in [5.41, 5.74) is 5.40. The van der Waals surface area contributed by atoms with E-state index in [0.717, 1.165) is 56.3 Å². The summed E-state index contributed by atoms with van der Waals surface area (Å²) in [6, 6.07) is 4.60. The van der Waals surface area contributed by atoms with E-state index in [1.165, 1.54) is 17.8 Å². The summed E-state index contributed by atoms with van der Waals surface area (Å²) in [7, 11) is 0. The summed E-state index contributed by atoms with van der Waals surface area (Å²) in [6.07, 6.45) is 5.60. The fraction of sp³-hybridized carbons (Fsp3) is 0.667. The van der Waals surface area contributed by atoms with Crippen LogP contribution in [-0.2, 0) is 38.1 Å². The molecule has 6 atom stereocenters. The Morgan fingerprint density at radius 2 is 1.48 bits per heavy atom. The fourth-order valence-electron chi connectivity index (χ4n) is 6.96. The van der Waals surface area contributed by atoms with E-state index in [1.807, 2.05) is 0 Å². The Labute approximate surface area is 248 Å². The lowest BCUT2D eigenvalue weighted by Crippen LogP contribution is -2.59. The van der Waals surface area contributed by atoms with Gasteiger partial charge in [0.15, 0.2) is 0 Å². The zero-order valence-electron chi connectivity index (χ0n) is 23.6. The summed E-state index contributed by atoms with van der Waals surface area (Å²) in [4.78, 5) is 51.6. The van der Waals surface area contributed by atoms with Crippen LogP contribution in [0.4, 0.5) is 4.39 Å². The number of carbonyl (C=O) groups excluding carboxylic acids is 4. The normalized spacial score (nSPS) is 30.5. The molecule has 4 aliphatic rings. The first-order valence-corrected chi connectivity index (χ1v) is 15.6. The Balaban J connectivity index is 1.23. The molecule has 10 nitrogen and oxygen atoms in total. The highest BCUT2D eigenvalue weighted by molar-refractivity contribution is 7.99. The number of nitrogens with two attached hydrogens (primary N) is 1. The lowest BCUT2D eigenvalue weighted by atomic mass is 9.81. The first-order chi connectivity index (χ1) is 20.1. The van der Waals surface area contributed by atoms with Gasteiger partial charge in [0.1, 0.15) is 11.4 Å². The highest BCUT2D eigenvalue weighted by Crippen LogP contribution is 2.64. The average molecular weight is 608 g/mol. The lowest BCUT2D eigenvalue weighted by Gasteiger charge is -2.34. The minimum Gasteiger partial charge on any atom is -0.428 e. The van der Waals surface area contributed by atoms with Gasteiger partial charge in [-0.1, -0.05) is 25.7 Å². The molecule has 12 heteroatoms. The zero-order valence-corrected chi connectivity index (χ0v) is 24.4. The van der Waals surface area contributed by atoms with Crippen LogP contribution in [0.1, 0.15) is 56.9 Å². The number of esters is 4. The molecule has 1 unspecified atom stereocenters. The molecular weight excluding hydrogens is 569 g/mol. The second-order valence-corrected chi connectivity index (χ2v) is 13.0. The van der Waals surface area contributed by atoms with Gasteiger partial charge in [-0.05, 0) is 56.4 Å². The second kappa shape index (κ2) is 12.9. The van der Waals surface area contributed by atoms with Crippen LogP contribution < -0.4 is 5.73 Å². The number of hydrogen-bond donors (Lipinski definition) is 2. The molecule has 0 spiro atoms. The monoisotopic (exact) mass is 607 g/mol. The fourth-order valence-corrected chi connectivity index (χ4v) is 8.23. The molecule has 1 aromatic rings. The molecule has 0 radical (unpaired) electrons. The maximum Gasteiger partial charge on any atom is 0.329 e. The van der Waals surface area contributed by atoms with E-state index in [4.69, 9.17) is 24.7 Å². The third-order valence-corrected chi connectivity index (χ3v) is 10.5. The zero-order chi connectivity index (χ0) is 30.0. The molecule has 4 aliphatic carbocycles. The molecule has 3 N–H and O–H groups in total. The Morgan fingerprint density at radius 3 is 2.05 bits per heavy atom. The van der Waals surface area contributed by atoms with E-state index in [-0.39, 0.29) is 23.4 Å². The predicted molar refractivity (Wildman–Crippen MR) is 147 cm³/mol. The molecule has 0 saturated heterocycles. The average Bonchev–Trinajstić information content (AvgIpc) is 3.33.